The molecule has 0 bridgehead atoms. The van der Waals surface area contributed by atoms with Gasteiger partial charge < -0.3 is 5.11 Å². The second-order valence-corrected chi connectivity index (χ2v) is 7.10. The molecule has 2 nitrogen and oxygen atoms in total. The summed E-state index contributed by atoms with van der Waals surface area (Å²) >= 11 is 13.9. The van der Waals surface area contributed by atoms with Gasteiger partial charge in [0.25, 0.3) is 0 Å². The molecule has 2 rings (SSSR count). The van der Waals surface area contributed by atoms with E-state index in [1.807, 2.05) is 18.2 Å². The van der Waals surface area contributed by atoms with E-state index in [4.69, 9.17) is 23.2 Å². The number of aliphatic hydroxyl groups is 1. The Bertz CT molecular complexity index is 424. The Balaban J connectivity index is 1.84. The van der Waals surface area contributed by atoms with Crippen molar-refractivity contribution in [3.8, 4) is 0 Å². The molecule has 0 aliphatic heterocycles. The number of halogens is 2. The maximum atomic E-state index is 9.21. The fourth-order valence-electron chi connectivity index (χ4n) is 2.74. The topological polar surface area (TPSA) is 23.5 Å². The lowest BCUT2D eigenvalue weighted by atomic mass is 10.2. The van der Waals surface area contributed by atoms with Crippen LogP contribution >= 0.6 is 35.0 Å². The predicted octanol–water partition coefficient (Wildman–Crippen LogP) is 4.32. The third-order valence-corrected chi connectivity index (χ3v) is 5.47. The van der Waals surface area contributed by atoms with E-state index in [2.05, 4.69) is 4.90 Å². The highest BCUT2D eigenvalue weighted by Crippen LogP contribution is 2.30. The molecule has 0 saturated heterocycles. The fraction of sp³-hybridized carbons (Fsp3) is 0.600. The minimum atomic E-state index is 0.235. The Hall–Kier alpha value is 0.0700. The van der Waals surface area contributed by atoms with Crippen LogP contribution in [0.1, 0.15) is 25.7 Å². The first-order valence-electron chi connectivity index (χ1n) is 7.13. The molecule has 0 spiro atoms. The molecule has 20 heavy (non-hydrogen) atoms. The van der Waals surface area contributed by atoms with Crippen LogP contribution in [0.3, 0.4) is 0 Å². The Morgan fingerprint density at radius 3 is 2.65 bits per heavy atom. The van der Waals surface area contributed by atoms with Gasteiger partial charge in [-0.1, -0.05) is 36.0 Å². The van der Waals surface area contributed by atoms with Gasteiger partial charge in [-0.25, -0.2) is 0 Å². The minimum Gasteiger partial charge on any atom is -0.395 e. The molecule has 1 fully saturated rings. The summed E-state index contributed by atoms with van der Waals surface area (Å²) in [6, 6.07) is 6.22. The van der Waals surface area contributed by atoms with E-state index in [1.54, 1.807) is 11.8 Å². The summed E-state index contributed by atoms with van der Waals surface area (Å²) < 4.78 is 0. The molecule has 1 aromatic rings. The Morgan fingerprint density at radius 1 is 1.20 bits per heavy atom. The molecule has 0 heterocycles. The van der Waals surface area contributed by atoms with Crippen LogP contribution in [0.25, 0.3) is 0 Å². The van der Waals surface area contributed by atoms with Gasteiger partial charge in [0.2, 0.25) is 0 Å². The zero-order valence-electron chi connectivity index (χ0n) is 11.5. The lowest BCUT2D eigenvalue weighted by Gasteiger charge is -2.27. The van der Waals surface area contributed by atoms with Crippen LogP contribution in [0, 0.1) is 0 Å². The summed E-state index contributed by atoms with van der Waals surface area (Å²) in [5.41, 5.74) is 0. The SMILES string of the molecule is OCCN(CCSc1cc(Cl)ccc1Cl)C1CCCC1. The number of rotatable bonds is 7. The summed E-state index contributed by atoms with van der Waals surface area (Å²) in [6.07, 6.45) is 5.17. The van der Waals surface area contributed by atoms with Gasteiger partial charge in [-0.2, -0.15) is 0 Å². The molecule has 1 aliphatic rings. The summed E-state index contributed by atoms with van der Waals surface area (Å²) in [7, 11) is 0. The molecular weight excluding hydrogens is 313 g/mol. The maximum Gasteiger partial charge on any atom is 0.0558 e. The zero-order chi connectivity index (χ0) is 14.4. The van der Waals surface area contributed by atoms with Gasteiger partial charge in [0, 0.05) is 34.8 Å². The van der Waals surface area contributed by atoms with E-state index in [0.717, 1.165) is 33.8 Å². The Labute approximate surface area is 135 Å². The lowest BCUT2D eigenvalue weighted by molar-refractivity contribution is 0.159. The van der Waals surface area contributed by atoms with Gasteiger partial charge in [-0.15, -0.1) is 11.8 Å². The number of benzene rings is 1. The van der Waals surface area contributed by atoms with Crippen molar-refractivity contribution in [2.24, 2.45) is 0 Å². The molecular formula is C15H21Cl2NOS. The Morgan fingerprint density at radius 2 is 1.95 bits per heavy atom. The van der Waals surface area contributed by atoms with Crippen LogP contribution in [-0.4, -0.2) is 41.5 Å². The quantitative estimate of drug-likeness (QED) is 0.751. The standard InChI is InChI=1S/C15H21Cl2NOS/c16-12-5-6-14(17)15(11-12)20-10-8-18(7-9-19)13-3-1-2-4-13/h5-6,11,13,19H,1-4,7-10H2. The van der Waals surface area contributed by atoms with Crippen molar-refractivity contribution >= 4 is 35.0 Å². The monoisotopic (exact) mass is 333 g/mol. The molecule has 0 radical (unpaired) electrons. The smallest absolute Gasteiger partial charge is 0.0558 e. The van der Waals surface area contributed by atoms with Gasteiger partial charge in [0.15, 0.2) is 0 Å². The number of hydrogen-bond donors (Lipinski definition) is 1. The Kier molecular flexibility index (Phi) is 6.99. The van der Waals surface area contributed by atoms with Crippen molar-refractivity contribution in [3.05, 3.63) is 28.2 Å². The molecule has 5 heteroatoms. The highest BCUT2D eigenvalue weighted by atomic mass is 35.5. The molecule has 1 aliphatic carbocycles. The molecule has 1 N–H and O–H groups in total. The van der Waals surface area contributed by atoms with Crippen LogP contribution in [0.15, 0.2) is 23.1 Å². The zero-order valence-corrected chi connectivity index (χ0v) is 13.9. The number of thioether (sulfide) groups is 1. The first kappa shape index (κ1) is 16.4. The van der Waals surface area contributed by atoms with E-state index >= 15 is 0 Å². The van der Waals surface area contributed by atoms with E-state index in [-0.39, 0.29) is 6.61 Å². The third-order valence-electron chi connectivity index (χ3n) is 3.76. The lowest BCUT2D eigenvalue weighted by Crippen LogP contribution is -2.37. The average molecular weight is 334 g/mol. The largest absolute Gasteiger partial charge is 0.395 e. The predicted molar refractivity (Wildman–Crippen MR) is 88.1 cm³/mol. The van der Waals surface area contributed by atoms with E-state index in [9.17, 15) is 5.11 Å². The van der Waals surface area contributed by atoms with Crippen molar-refractivity contribution in [2.45, 2.75) is 36.6 Å². The van der Waals surface area contributed by atoms with Crippen LogP contribution < -0.4 is 0 Å². The van der Waals surface area contributed by atoms with Gasteiger partial charge in [0.1, 0.15) is 0 Å². The summed E-state index contributed by atoms with van der Waals surface area (Å²) in [5.74, 6) is 0.969. The van der Waals surface area contributed by atoms with Crippen molar-refractivity contribution in [1.29, 1.82) is 0 Å². The molecule has 0 aromatic heterocycles. The first-order chi connectivity index (χ1) is 9.70. The number of aliphatic hydroxyl groups excluding tert-OH is 1. The molecule has 0 atom stereocenters. The molecule has 1 saturated carbocycles. The fourth-order valence-corrected chi connectivity index (χ4v) is 4.22. The molecule has 1 aromatic carbocycles. The summed E-state index contributed by atoms with van der Waals surface area (Å²) in [5, 5.41) is 10.7. The first-order valence-corrected chi connectivity index (χ1v) is 8.87. The highest BCUT2D eigenvalue weighted by molar-refractivity contribution is 7.99. The highest BCUT2D eigenvalue weighted by Gasteiger charge is 2.21. The van der Waals surface area contributed by atoms with Gasteiger partial charge in [-0.05, 0) is 31.0 Å². The van der Waals surface area contributed by atoms with Crippen molar-refractivity contribution in [2.75, 3.05) is 25.4 Å². The van der Waals surface area contributed by atoms with E-state index in [0.29, 0.717) is 6.04 Å². The number of hydrogen-bond acceptors (Lipinski definition) is 3. The molecule has 0 unspecified atom stereocenters. The van der Waals surface area contributed by atoms with Crippen LogP contribution in [0.4, 0.5) is 0 Å². The third kappa shape index (κ3) is 4.81. The second kappa shape index (κ2) is 8.50. The van der Waals surface area contributed by atoms with E-state index < -0.39 is 0 Å². The number of nitrogens with zero attached hydrogens (tertiary/aromatic N) is 1. The van der Waals surface area contributed by atoms with Gasteiger partial charge in [-0.3, -0.25) is 4.90 Å². The maximum absolute atomic E-state index is 9.21. The van der Waals surface area contributed by atoms with Gasteiger partial charge in [0.05, 0.1) is 11.6 Å². The normalized spacial score (nSPS) is 16.2. The van der Waals surface area contributed by atoms with Crippen LogP contribution in [-0.2, 0) is 0 Å². The summed E-state index contributed by atoms with van der Waals surface area (Å²) in [6.45, 7) is 1.99. The van der Waals surface area contributed by atoms with E-state index in [1.165, 1.54) is 25.7 Å². The molecule has 0 amide bonds. The minimum absolute atomic E-state index is 0.235. The van der Waals surface area contributed by atoms with Crippen molar-refractivity contribution < 1.29 is 5.11 Å². The second-order valence-electron chi connectivity index (χ2n) is 5.12. The molecule has 112 valence electrons. The average Bonchev–Trinajstić information content (AvgIpc) is 2.95. The van der Waals surface area contributed by atoms with Crippen molar-refractivity contribution in [3.63, 3.8) is 0 Å². The van der Waals surface area contributed by atoms with Gasteiger partial charge >= 0.3 is 0 Å². The van der Waals surface area contributed by atoms with Crippen LogP contribution in [0.2, 0.25) is 10.0 Å². The summed E-state index contributed by atoms with van der Waals surface area (Å²) in [4.78, 5) is 3.45. The van der Waals surface area contributed by atoms with Crippen LogP contribution in [0.5, 0.6) is 0 Å². The van der Waals surface area contributed by atoms with Crippen molar-refractivity contribution in [1.82, 2.24) is 4.90 Å².